The molecule has 0 aliphatic heterocycles. The lowest BCUT2D eigenvalue weighted by molar-refractivity contribution is 0.0943. The van der Waals surface area contributed by atoms with E-state index in [2.05, 4.69) is 16.2 Å². The van der Waals surface area contributed by atoms with Crippen LogP contribution in [-0.4, -0.2) is 39.5 Å². The minimum Gasteiger partial charge on any atom is -0.497 e. The molecule has 0 spiro atoms. The summed E-state index contributed by atoms with van der Waals surface area (Å²) in [7, 11) is 6.00. The van der Waals surface area contributed by atoms with Crippen molar-refractivity contribution in [2.45, 2.75) is 0 Å². The molecule has 0 aromatic heterocycles. The number of ether oxygens (including phenoxy) is 4. The summed E-state index contributed by atoms with van der Waals surface area (Å²) in [6.45, 7) is 0. The zero-order valence-electron chi connectivity index (χ0n) is 15.7. The molecule has 8 nitrogen and oxygen atoms in total. The molecule has 3 N–H and O–H groups in total. The van der Waals surface area contributed by atoms with Gasteiger partial charge in [0.15, 0.2) is 5.11 Å². The fourth-order valence-corrected chi connectivity index (χ4v) is 2.63. The van der Waals surface area contributed by atoms with Crippen LogP contribution >= 0.6 is 23.8 Å². The number of hydrogen-bond acceptors (Lipinski definition) is 6. The SMILES string of the molecule is COc1cc(OC)cc(C(=O)NNC(=S)Nc2cc(OC)c(Cl)cc2OC)c1. The van der Waals surface area contributed by atoms with Crippen LogP contribution in [0.1, 0.15) is 10.4 Å². The number of benzene rings is 2. The highest BCUT2D eigenvalue weighted by molar-refractivity contribution is 7.80. The molecule has 0 unspecified atom stereocenters. The molecule has 2 aromatic carbocycles. The van der Waals surface area contributed by atoms with Crippen LogP contribution in [0, 0.1) is 0 Å². The van der Waals surface area contributed by atoms with E-state index in [-0.39, 0.29) is 5.11 Å². The van der Waals surface area contributed by atoms with Crippen molar-refractivity contribution in [3.8, 4) is 23.0 Å². The maximum Gasteiger partial charge on any atom is 0.269 e. The van der Waals surface area contributed by atoms with Gasteiger partial charge in [0.25, 0.3) is 5.91 Å². The Labute approximate surface area is 173 Å². The maximum atomic E-state index is 12.4. The third kappa shape index (κ3) is 5.30. The van der Waals surface area contributed by atoms with E-state index in [0.717, 1.165) is 0 Å². The zero-order valence-corrected chi connectivity index (χ0v) is 17.3. The molecular weight excluding hydrogens is 406 g/mol. The van der Waals surface area contributed by atoms with E-state index in [1.807, 2.05) is 0 Å². The van der Waals surface area contributed by atoms with Crippen molar-refractivity contribution in [3.63, 3.8) is 0 Å². The summed E-state index contributed by atoms with van der Waals surface area (Å²) < 4.78 is 20.8. The first-order valence-corrected chi connectivity index (χ1v) is 8.72. The fraction of sp³-hybridized carbons (Fsp3) is 0.222. The summed E-state index contributed by atoms with van der Waals surface area (Å²) >= 11 is 11.3. The Morgan fingerprint density at radius 3 is 2.00 bits per heavy atom. The van der Waals surface area contributed by atoms with Crippen molar-refractivity contribution in [3.05, 3.63) is 40.9 Å². The van der Waals surface area contributed by atoms with Gasteiger partial charge < -0.3 is 24.3 Å². The molecule has 28 heavy (non-hydrogen) atoms. The average Bonchev–Trinajstić information content (AvgIpc) is 2.72. The second-order valence-corrected chi connectivity index (χ2v) is 6.14. The third-order valence-corrected chi connectivity index (χ3v) is 4.12. The molecule has 0 aliphatic rings. The van der Waals surface area contributed by atoms with Gasteiger partial charge >= 0.3 is 0 Å². The summed E-state index contributed by atoms with van der Waals surface area (Å²) in [5.74, 6) is 1.45. The van der Waals surface area contributed by atoms with Gasteiger partial charge in [-0.25, -0.2) is 0 Å². The van der Waals surface area contributed by atoms with Gasteiger partial charge in [-0.1, -0.05) is 11.6 Å². The summed E-state index contributed by atoms with van der Waals surface area (Å²) in [6, 6.07) is 8.03. The summed E-state index contributed by atoms with van der Waals surface area (Å²) in [4.78, 5) is 12.4. The Kier molecular flexibility index (Phi) is 7.53. The normalized spacial score (nSPS) is 9.89. The monoisotopic (exact) mass is 425 g/mol. The van der Waals surface area contributed by atoms with Gasteiger partial charge in [0.1, 0.15) is 23.0 Å². The first-order chi connectivity index (χ1) is 13.4. The number of hydrazine groups is 1. The fourth-order valence-electron chi connectivity index (χ4n) is 2.24. The highest BCUT2D eigenvalue weighted by atomic mass is 35.5. The van der Waals surface area contributed by atoms with Crippen molar-refractivity contribution in [1.82, 2.24) is 10.9 Å². The first kappa shape index (κ1) is 21.4. The number of halogens is 1. The van der Waals surface area contributed by atoms with Crippen molar-refractivity contribution in [2.75, 3.05) is 33.8 Å². The van der Waals surface area contributed by atoms with E-state index in [9.17, 15) is 4.79 Å². The maximum absolute atomic E-state index is 12.4. The highest BCUT2D eigenvalue weighted by Crippen LogP contribution is 2.35. The van der Waals surface area contributed by atoms with E-state index in [0.29, 0.717) is 39.3 Å². The van der Waals surface area contributed by atoms with E-state index in [4.69, 9.17) is 42.8 Å². The molecule has 0 atom stereocenters. The van der Waals surface area contributed by atoms with Crippen LogP contribution in [0.25, 0.3) is 0 Å². The predicted octanol–water partition coefficient (Wildman–Crippen LogP) is 3.01. The zero-order chi connectivity index (χ0) is 20.7. The van der Waals surface area contributed by atoms with E-state index >= 15 is 0 Å². The molecule has 10 heteroatoms. The largest absolute Gasteiger partial charge is 0.497 e. The molecule has 150 valence electrons. The summed E-state index contributed by atoms with van der Waals surface area (Å²) in [5, 5.41) is 3.43. The number of hydrogen-bond donors (Lipinski definition) is 3. The number of carbonyl (C=O) groups excluding carboxylic acids is 1. The first-order valence-electron chi connectivity index (χ1n) is 7.93. The Bertz CT molecular complexity index is 856. The lowest BCUT2D eigenvalue weighted by atomic mass is 10.2. The Morgan fingerprint density at radius 1 is 0.857 bits per heavy atom. The van der Waals surface area contributed by atoms with Gasteiger partial charge in [-0.3, -0.25) is 15.6 Å². The van der Waals surface area contributed by atoms with E-state index < -0.39 is 5.91 Å². The molecule has 0 aliphatic carbocycles. The quantitative estimate of drug-likeness (QED) is 0.480. The predicted molar refractivity (Wildman–Crippen MR) is 111 cm³/mol. The van der Waals surface area contributed by atoms with Crippen LogP contribution in [0.4, 0.5) is 5.69 Å². The van der Waals surface area contributed by atoms with Gasteiger partial charge in [0, 0.05) is 23.8 Å². The van der Waals surface area contributed by atoms with Crippen LogP contribution in [-0.2, 0) is 0 Å². The number of anilines is 1. The minimum absolute atomic E-state index is 0.130. The van der Waals surface area contributed by atoms with Gasteiger partial charge in [-0.15, -0.1) is 0 Å². The average molecular weight is 426 g/mol. The van der Waals surface area contributed by atoms with E-state index in [1.54, 1.807) is 30.3 Å². The summed E-state index contributed by atoms with van der Waals surface area (Å²) in [5.41, 5.74) is 5.96. The van der Waals surface area contributed by atoms with Gasteiger partial charge in [-0.05, 0) is 24.4 Å². The topological polar surface area (TPSA) is 90.1 Å². The standard InChI is InChI=1S/C18H20ClN3O5S/c1-24-11-5-10(6-12(7-11)25-2)17(23)21-22-18(28)20-14-9-15(26-3)13(19)8-16(14)27-4/h5-9H,1-4H3,(H,21,23)(H2,20,22,28). The Morgan fingerprint density at radius 2 is 1.46 bits per heavy atom. The molecule has 0 radical (unpaired) electrons. The second-order valence-electron chi connectivity index (χ2n) is 5.32. The van der Waals surface area contributed by atoms with Crippen molar-refractivity contribution in [1.29, 1.82) is 0 Å². The number of rotatable bonds is 6. The van der Waals surface area contributed by atoms with Crippen LogP contribution in [0.5, 0.6) is 23.0 Å². The number of amides is 1. The number of thiocarbonyl (C=S) groups is 1. The molecule has 2 rings (SSSR count). The minimum atomic E-state index is -0.429. The highest BCUT2D eigenvalue weighted by Gasteiger charge is 2.13. The Balaban J connectivity index is 2.06. The molecule has 0 bridgehead atoms. The van der Waals surface area contributed by atoms with Crippen molar-refractivity contribution < 1.29 is 23.7 Å². The molecule has 0 heterocycles. The second kappa shape index (κ2) is 9.86. The lowest BCUT2D eigenvalue weighted by Gasteiger charge is -2.16. The number of methoxy groups -OCH3 is 4. The molecule has 0 fully saturated rings. The third-order valence-electron chi connectivity index (χ3n) is 3.63. The summed E-state index contributed by atoms with van der Waals surface area (Å²) in [6.07, 6.45) is 0. The number of nitrogens with one attached hydrogen (secondary N) is 3. The van der Waals surface area contributed by atoms with Gasteiger partial charge in [0.05, 0.1) is 39.1 Å². The molecule has 0 saturated carbocycles. The molecule has 2 aromatic rings. The smallest absolute Gasteiger partial charge is 0.269 e. The van der Waals surface area contributed by atoms with Crippen LogP contribution in [0.2, 0.25) is 5.02 Å². The van der Waals surface area contributed by atoms with Crippen LogP contribution < -0.4 is 35.1 Å². The van der Waals surface area contributed by atoms with Crippen LogP contribution in [0.15, 0.2) is 30.3 Å². The van der Waals surface area contributed by atoms with Gasteiger partial charge in [-0.2, -0.15) is 0 Å². The van der Waals surface area contributed by atoms with Crippen LogP contribution in [0.3, 0.4) is 0 Å². The number of carbonyl (C=O) groups is 1. The molecule has 1 amide bonds. The molecular formula is C18H20ClN3O5S. The van der Waals surface area contributed by atoms with E-state index in [1.165, 1.54) is 28.4 Å². The molecule has 0 saturated heterocycles. The van der Waals surface area contributed by atoms with Crippen molar-refractivity contribution in [2.24, 2.45) is 0 Å². The van der Waals surface area contributed by atoms with Gasteiger partial charge in [0.2, 0.25) is 0 Å². The Hall–Kier alpha value is -2.91. The lowest BCUT2D eigenvalue weighted by Crippen LogP contribution is -2.43. The van der Waals surface area contributed by atoms with Crippen molar-refractivity contribution >= 4 is 40.5 Å².